The molecule has 0 radical (unpaired) electrons. The van der Waals surface area contributed by atoms with Crippen LogP contribution in [0, 0.1) is 12.8 Å². The van der Waals surface area contributed by atoms with Crippen molar-refractivity contribution in [2.45, 2.75) is 44.7 Å². The maximum absolute atomic E-state index is 13.2. The Morgan fingerprint density at radius 1 is 1.11 bits per heavy atom. The van der Waals surface area contributed by atoms with Crippen molar-refractivity contribution < 1.29 is 27.5 Å². The molecule has 0 saturated carbocycles. The van der Waals surface area contributed by atoms with E-state index >= 15 is 0 Å². The molecule has 1 fully saturated rings. The van der Waals surface area contributed by atoms with Crippen LogP contribution in [0.1, 0.15) is 31.4 Å². The Labute approximate surface area is 206 Å². The predicted molar refractivity (Wildman–Crippen MR) is 132 cm³/mol. The maximum Gasteiger partial charge on any atom is 0.408 e. The van der Waals surface area contributed by atoms with Gasteiger partial charge in [0, 0.05) is 18.8 Å². The minimum atomic E-state index is -3.73. The van der Waals surface area contributed by atoms with Crippen LogP contribution in [0.15, 0.2) is 53.4 Å². The molecule has 0 aromatic heterocycles. The Morgan fingerprint density at radius 2 is 1.80 bits per heavy atom. The molecule has 1 aliphatic heterocycles. The van der Waals surface area contributed by atoms with Crippen LogP contribution >= 0.6 is 0 Å². The first-order valence-corrected chi connectivity index (χ1v) is 13.1. The number of hydrogen-bond acceptors (Lipinski definition) is 6. The summed E-state index contributed by atoms with van der Waals surface area (Å²) < 4.78 is 38.2. The van der Waals surface area contributed by atoms with Gasteiger partial charge in [-0.3, -0.25) is 4.79 Å². The lowest BCUT2D eigenvalue weighted by Gasteiger charge is -2.27. The highest BCUT2D eigenvalue weighted by Crippen LogP contribution is 2.25. The smallest absolute Gasteiger partial charge is 0.408 e. The van der Waals surface area contributed by atoms with Gasteiger partial charge in [-0.25, -0.2) is 13.2 Å². The number of rotatable bonds is 9. The molecule has 10 heteroatoms. The molecule has 2 N–H and O–H groups in total. The van der Waals surface area contributed by atoms with E-state index in [0.29, 0.717) is 30.9 Å². The molecule has 0 aliphatic carbocycles. The number of ether oxygens (including phenoxy) is 2. The largest absolute Gasteiger partial charge is 0.445 e. The fraction of sp³-hybridized carbons (Fsp3) is 0.440. The number of amides is 2. The second-order valence-corrected chi connectivity index (χ2v) is 10.5. The number of nitrogens with zero attached hydrogens (tertiary/aromatic N) is 1. The molecule has 1 aliphatic rings. The van der Waals surface area contributed by atoms with E-state index in [-0.39, 0.29) is 30.5 Å². The summed E-state index contributed by atoms with van der Waals surface area (Å²) in [5.74, 6) is -0.629. The summed E-state index contributed by atoms with van der Waals surface area (Å²) in [5, 5.41) is 5.41. The monoisotopic (exact) mass is 503 g/mol. The molecule has 2 atom stereocenters. The van der Waals surface area contributed by atoms with Crippen molar-refractivity contribution in [3.8, 4) is 0 Å². The normalized spacial score (nSPS) is 16.2. The molecule has 2 aromatic rings. The number of aryl methyl sites for hydroxylation is 1. The molecule has 1 heterocycles. The number of morpholine rings is 1. The maximum atomic E-state index is 13.2. The van der Waals surface area contributed by atoms with E-state index in [1.54, 1.807) is 19.1 Å². The quantitative estimate of drug-likeness (QED) is 0.543. The van der Waals surface area contributed by atoms with E-state index in [0.717, 1.165) is 5.56 Å². The zero-order valence-electron chi connectivity index (χ0n) is 20.3. The summed E-state index contributed by atoms with van der Waals surface area (Å²) in [6.45, 7) is 6.82. The van der Waals surface area contributed by atoms with Gasteiger partial charge in [-0.2, -0.15) is 4.31 Å². The molecule has 2 amide bonds. The first kappa shape index (κ1) is 26.7. The Kier molecular flexibility index (Phi) is 9.25. The van der Waals surface area contributed by atoms with Crippen molar-refractivity contribution in [3.05, 3.63) is 59.7 Å². The van der Waals surface area contributed by atoms with Crippen LogP contribution in [-0.4, -0.2) is 57.1 Å². The second-order valence-electron chi connectivity index (χ2n) is 8.56. The number of anilines is 1. The molecular weight excluding hydrogens is 470 g/mol. The van der Waals surface area contributed by atoms with Crippen molar-refractivity contribution in [2.24, 2.45) is 5.92 Å². The van der Waals surface area contributed by atoms with Crippen molar-refractivity contribution in [1.82, 2.24) is 9.62 Å². The van der Waals surface area contributed by atoms with Crippen LogP contribution in [0.2, 0.25) is 0 Å². The summed E-state index contributed by atoms with van der Waals surface area (Å²) in [6.07, 6.45) is -0.0597. The van der Waals surface area contributed by atoms with Gasteiger partial charge in [-0.15, -0.1) is 0 Å². The fourth-order valence-electron chi connectivity index (χ4n) is 3.70. The Hall–Kier alpha value is -2.95. The first-order valence-electron chi connectivity index (χ1n) is 11.7. The molecule has 0 unspecified atom stereocenters. The van der Waals surface area contributed by atoms with Crippen LogP contribution < -0.4 is 10.6 Å². The van der Waals surface area contributed by atoms with Gasteiger partial charge in [0.15, 0.2) is 0 Å². The van der Waals surface area contributed by atoms with Crippen LogP contribution in [0.3, 0.4) is 0 Å². The standard InChI is InChI=1S/C25H33N3O6S/c1-4-18(2)23(27-25(30)34-17-20-8-6-5-7-9-20)24(29)26-21-11-10-19(3)22(16-21)35(31,32)28-12-14-33-15-13-28/h5-11,16,18,23H,4,12-15,17H2,1-3H3,(H,26,29)(H,27,30)/t18-,23+/m1/s1. The number of sulfonamides is 1. The zero-order chi connectivity index (χ0) is 25.4. The summed E-state index contributed by atoms with van der Waals surface area (Å²) in [5.41, 5.74) is 1.75. The van der Waals surface area contributed by atoms with Crippen molar-refractivity contribution >= 4 is 27.7 Å². The van der Waals surface area contributed by atoms with E-state index in [2.05, 4.69) is 10.6 Å². The summed E-state index contributed by atoms with van der Waals surface area (Å²) in [6, 6.07) is 13.1. The van der Waals surface area contributed by atoms with E-state index in [1.807, 2.05) is 44.2 Å². The number of nitrogens with one attached hydrogen (secondary N) is 2. The summed E-state index contributed by atoms with van der Waals surface area (Å²) in [7, 11) is -3.73. The van der Waals surface area contributed by atoms with Gasteiger partial charge < -0.3 is 20.1 Å². The summed E-state index contributed by atoms with van der Waals surface area (Å²) >= 11 is 0. The van der Waals surface area contributed by atoms with Gasteiger partial charge in [0.1, 0.15) is 12.6 Å². The van der Waals surface area contributed by atoms with Crippen LogP contribution in [0.5, 0.6) is 0 Å². The van der Waals surface area contributed by atoms with Crippen LogP contribution in [0.25, 0.3) is 0 Å². The van der Waals surface area contributed by atoms with Gasteiger partial charge in [0.2, 0.25) is 15.9 Å². The van der Waals surface area contributed by atoms with Crippen LogP contribution in [0.4, 0.5) is 10.5 Å². The molecule has 9 nitrogen and oxygen atoms in total. The highest BCUT2D eigenvalue weighted by Gasteiger charge is 2.30. The number of hydrogen-bond donors (Lipinski definition) is 2. The average Bonchev–Trinajstić information content (AvgIpc) is 2.87. The van der Waals surface area contributed by atoms with E-state index in [9.17, 15) is 18.0 Å². The lowest BCUT2D eigenvalue weighted by molar-refractivity contribution is -0.119. The number of benzene rings is 2. The molecule has 3 rings (SSSR count). The highest BCUT2D eigenvalue weighted by atomic mass is 32.2. The van der Waals surface area contributed by atoms with Gasteiger partial charge in [-0.05, 0) is 36.1 Å². The van der Waals surface area contributed by atoms with E-state index < -0.39 is 28.1 Å². The molecular formula is C25H33N3O6S. The third-order valence-corrected chi connectivity index (χ3v) is 8.07. The minimum absolute atomic E-state index is 0.0856. The zero-order valence-corrected chi connectivity index (χ0v) is 21.1. The van der Waals surface area contributed by atoms with Crippen molar-refractivity contribution in [1.29, 1.82) is 0 Å². The third kappa shape index (κ3) is 7.03. The Balaban J connectivity index is 1.71. The SMILES string of the molecule is CC[C@@H](C)[C@H](NC(=O)OCc1ccccc1)C(=O)Nc1ccc(C)c(S(=O)(=O)N2CCOCC2)c1. The van der Waals surface area contributed by atoms with Gasteiger partial charge in [-0.1, -0.05) is 56.7 Å². The topological polar surface area (TPSA) is 114 Å². The van der Waals surface area contributed by atoms with Crippen molar-refractivity contribution in [3.63, 3.8) is 0 Å². The van der Waals surface area contributed by atoms with Gasteiger partial charge >= 0.3 is 6.09 Å². The van der Waals surface area contributed by atoms with Crippen molar-refractivity contribution in [2.75, 3.05) is 31.6 Å². The Bertz CT molecular complexity index is 1120. The molecule has 2 aromatic carbocycles. The van der Waals surface area contributed by atoms with Crippen LogP contribution in [-0.2, 0) is 30.9 Å². The first-order chi connectivity index (χ1) is 16.7. The third-order valence-electron chi connectivity index (χ3n) is 6.03. The minimum Gasteiger partial charge on any atom is -0.445 e. The molecule has 1 saturated heterocycles. The number of alkyl carbamates (subject to hydrolysis) is 1. The fourth-order valence-corrected chi connectivity index (χ4v) is 5.35. The van der Waals surface area contributed by atoms with Gasteiger partial charge in [0.25, 0.3) is 0 Å². The second kappa shape index (κ2) is 12.1. The molecule has 35 heavy (non-hydrogen) atoms. The summed E-state index contributed by atoms with van der Waals surface area (Å²) in [4.78, 5) is 25.6. The van der Waals surface area contributed by atoms with Gasteiger partial charge in [0.05, 0.1) is 18.1 Å². The number of carbonyl (C=O) groups excluding carboxylic acids is 2. The Morgan fingerprint density at radius 3 is 2.46 bits per heavy atom. The average molecular weight is 504 g/mol. The van der Waals surface area contributed by atoms with E-state index in [4.69, 9.17) is 9.47 Å². The van der Waals surface area contributed by atoms with E-state index in [1.165, 1.54) is 10.4 Å². The molecule has 0 bridgehead atoms. The highest BCUT2D eigenvalue weighted by molar-refractivity contribution is 7.89. The lowest BCUT2D eigenvalue weighted by atomic mass is 9.98. The predicted octanol–water partition coefficient (Wildman–Crippen LogP) is 3.30. The molecule has 190 valence electrons. The number of carbonyl (C=O) groups is 2. The lowest BCUT2D eigenvalue weighted by Crippen LogP contribution is -2.47. The molecule has 0 spiro atoms.